The van der Waals surface area contributed by atoms with Crippen molar-refractivity contribution in [2.45, 2.75) is 33.1 Å². The Balaban J connectivity index is 2.29. The third kappa shape index (κ3) is 2.73. The van der Waals surface area contributed by atoms with Crippen LogP contribution in [0.1, 0.15) is 20.8 Å². The van der Waals surface area contributed by atoms with E-state index in [0.29, 0.717) is 6.10 Å². The van der Waals surface area contributed by atoms with Crippen LogP contribution in [-0.4, -0.2) is 43.5 Å². The van der Waals surface area contributed by atoms with E-state index in [9.17, 15) is 0 Å². The topological polar surface area (TPSA) is 21.7 Å². The van der Waals surface area contributed by atoms with Crippen LogP contribution in [0.5, 0.6) is 0 Å². The Labute approximate surface area is 74.6 Å². The number of nitrogens with zero attached hydrogens (tertiary/aromatic N) is 1. The Morgan fingerprint density at radius 3 is 3.00 bits per heavy atom. The van der Waals surface area contributed by atoms with E-state index >= 15 is 0 Å². The lowest BCUT2D eigenvalue weighted by Crippen LogP contribution is -2.46. The zero-order valence-electron chi connectivity index (χ0n) is 8.25. The van der Waals surface area contributed by atoms with E-state index in [-0.39, 0.29) is 6.23 Å². The summed E-state index contributed by atoms with van der Waals surface area (Å²) in [6, 6.07) is 0. The SMILES string of the molecule is CCOC(C)N1CCOC(C)C1. The molecule has 12 heavy (non-hydrogen) atoms. The molecular weight excluding hydrogens is 154 g/mol. The lowest BCUT2D eigenvalue weighted by molar-refractivity contribution is -0.105. The molecule has 1 aliphatic heterocycles. The minimum Gasteiger partial charge on any atom is -0.376 e. The second-order valence-corrected chi connectivity index (χ2v) is 3.23. The molecule has 3 nitrogen and oxygen atoms in total. The first-order valence-corrected chi connectivity index (χ1v) is 4.71. The van der Waals surface area contributed by atoms with Crippen molar-refractivity contribution in [3.05, 3.63) is 0 Å². The van der Waals surface area contributed by atoms with Crippen LogP contribution in [0.15, 0.2) is 0 Å². The highest BCUT2D eigenvalue weighted by Gasteiger charge is 2.20. The normalized spacial score (nSPS) is 28.8. The van der Waals surface area contributed by atoms with Gasteiger partial charge in [0, 0.05) is 19.7 Å². The van der Waals surface area contributed by atoms with Gasteiger partial charge in [0.25, 0.3) is 0 Å². The highest BCUT2D eigenvalue weighted by molar-refractivity contribution is 4.68. The van der Waals surface area contributed by atoms with Crippen molar-refractivity contribution in [2.75, 3.05) is 26.3 Å². The van der Waals surface area contributed by atoms with Crippen LogP contribution in [0.4, 0.5) is 0 Å². The summed E-state index contributed by atoms with van der Waals surface area (Å²) < 4.78 is 10.9. The van der Waals surface area contributed by atoms with Gasteiger partial charge in [0.05, 0.1) is 12.7 Å². The lowest BCUT2D eigenvalue weighted by atomic mass is 10.3. The van der Waals surface area contributed by atoms with E-state index in [1.165, 1.54) is 0 Å². The van der Waals surface area contributed by atoms with Gasteiger partial charge in [-0.05, 0) is 20.8 Å². The van der Waals surface area contributed by atoms with E-state index in [0.717, 1.165) is 26.3 Å². The van der Waals surface area contributed by atoms with Gasteiger partial charge in [-0.3, -0.25) is 4.90 Å². The molecule has 0 aliphatic carbocycles. The molecule has 0 bridgehead atoms. The molecule has 0 amide bonds. The predicted octanol–water partition coefficient (Wildman–Crippen LogP) is 1.09. The smallest absolute Gasteiger partial charge is 0.107 e. The molecule has 0 spiro atoms. The largest absolute Gasteiger partial charge is 0.376 e. The molecule has 0 N–H and O–H groups in total. The molecule has 72 valence electrons. The first kappa shape index (κ1) is 9.96. The Bertz CT molecular complexity index is 130. The number of rotatable bonds is 3. The van der Waals surface area contributed by atoms with Gasteiger partial charge >= 0.3 is 0 Å². The molecule has 0 radical (unpaired) electrons. The van der Waals surface area contributed by atoms with E-state index < -0.39 is 0 Å². The maximum absolute atomic E-state index is 5.50. The summed E-state index contributed by atoms with van der Waals surface area (Å²) in [7, 11) is 0. The number of hydrogen-bond donors (Lipinski definition) is 0. The second-order valence-electron chi connectivity index (χ2n) is 3.23. The van der Waals surface area contributed by atoms with Crippen molar-refractivity contribution in [2.24, 2.45) is 0 Å². The summed E-state index contributed by atoms with van der Waals surface area (Å²) in [5, 5.41) is 0. The molecule has 2 atom stereocenters. The summed E-state index contributed by atoms with van der Waals surface area (Å²) >= 11 is 0. The van der Waals surface area contributed by atoms with Crippen molar-refractivity contribution >= 4 is 0 Å². The number of morpholine rings is 1. The molecule has 1 saturated heterocycles. The van der Waals surface area contributed by atoms with Gasteiger partial charge in [0.1, 0.15) is 6.23 Å². The fraction of sp³-hybridized carbons (Fsp3) is 1.00. The maximum Gasteiger partial charge on any atom is 0.107 e. The highest BCUT2D eigenvalue weighted by atomic mass is 16.5. The lowest BCUT2D eigenvalue weighted by Gasteiger charge is -2.35. The maximum atomic E-state index is 5.50. The van der Waals surface area contributed by atoms with Crippen LogP contribution in [-0.2, 0) is 9.47 Å². The van der Waals surface area contributed by atoms with E-state index in [4.69, 9.17) is 9.47 Å². The van der Waals surface area contributed by atoms with Gasteiger partial charge in [0.15, 0.2) is 0 Å². The van der Waals surface area contributed by atoms with Crippen molar-refractivity contribution in [3.8, 4) is 0 Å². The molecule has 0 aromatic carbocycles. The average Bonchev–Trinajstić information content (AvgIpc) is 2.05. The van der Waals surface area contributed by atoms with Crippen LogP contribution in [0.25, 0.3) is 0 Å². The van der Waals surface area contributed by atoms with E-state index in [1.807, 2.05) is 6.92 Å². The molecule has 0 aromatic heterocycles. The Kier molecular flexibility index (Phi) is 3.98. The van der Waals surface area contributed by atoms with Gasteiger partial charge in [-0.1, -0.05) is 0 Å². The predicted molar refractivity (Wildman–Crippen MR) is 48.1 cm³/mol. The molecule has 1 aliphatic rings. The summed E-state index contributed by atoms with van der Waals surface area (Å²) in [5.74, 6) is 0. The Morgan fingerprint density at radius 1 is 1.67 bits per heavy atom. The van der Waals surface area contributed by atoms with E-state index in [1.54, 1.807) is 0 Å². The van der Waals surface area contributed by atoms with Gasteiger partial charge in [0.2, 0.25) is 0 Å². The fourth-order valence-electron chi connectivity index (χ4n) is 1.52. The third-order valence-corrected chi connectivity index (χ3v) is 2.19. The van der Waals surface area contributed by atoms with Gasteiger partial charge < -0.3 is 9.47 Å². The number of ether oxygens (including phenoxy) is 2. The van der Waals surface area contributed by atoms with Gasteiger partial charge in [-0.2, -0.15) is 0 Å². The van der Waals surface area contributed by atoms with Crippen molar-refractivity contribution in [1.82, 2.24) is 4.90 Å². The molecule has 3 heteroatoms. The molecular formula is C9H19NO2. The second kappa shape index (κ2) is 4.80. The summed E-state index contributed by atoms with van der Waals surface area (Å²) in [4.78, 5) is 2.32. The van der Waals surface area contributed by atoms with Crippen LogP contribution in [0, 0.1) is 0 Å². The average molecular weight is 173 g/mol. The first-order valence-electron chi connectivity index (χ1n) is 4.71. The van der Waals surface area contributed by atoms with Crippen molar-refractivity contribution in [3.63, 3.8) is 0 Å². The van der Waals surface area contributed by atoms with Crippen LogP contribution in [0.2, 0.25) is 0 Å². The molecule has 1 fully saturated rings. The Hall–Kier alpha value is -0.120. The zero-order chi connectivity index (χ0) is 8.97. The minimum absolute atomic E-state index is 0.237. The quantitative estimate of drug-likeness (QED) is 0.637. The summed E-state index contributed by atoms with van der Waals surface area (Å²) in [5.41, 5.74) is 0. The highest BCUT2D eigenvalue weighted by Crippen LogP contribution is 2.08. The first-order chi connectivity index (χ1) is 5.74. The van der Waals surface area contributed by atoms with Gasteiger partial charge in [-0.15, -0.1) is 0 Å². The van der Waals surface area contributed by atoms with Crippen molar-refractivity contribution in [1.29, 1.82) is 0 Å². The molecule has 0 saturated carbocycles. The van der Waals surface area contributed by atoms with Crippen LogP contribution < -0.4 is 0 Å². The number of hydrogen-bond acceptors (Lipinski definition) is 3. The van der Waals surface area contributed by atoms with E-state index in [2.05, 4.69) is 18.7 Å². The Morgan fingerprint density at radius 2 is 2.42 bits per heavy atom. The monoisotopic (exact) mass is 173 g/mol. The standard InChI is InChI=1S/C9H19NO2/c1-4-11-9(3)10-5-6-12-8(2)7-10/h8-9H,4-7H2,1-3H3. The summed E-state index contributed by atoms with van der Waals surface area (Å²) in [6.07, 6.45) is 0.586. The third-order valence-electron chi connectivity index (χ3n) is 2.19. The molecule has 1 heterocycles. The minimum atomic E-state index is 0.237. The molecule has 1 rings (SSSR count). The molecule has 2 unspecified atom stereocenters. The molecule has 0 aromatic rings. The van der Waals surface area contributed by atoms with Crippen LogP contribution in [0.3, 0.4) is 0 Å². The summed E-state index contributed by atoms with van der Waals surface area (Å²) in [6.45, 7) is 9.82. The van der Waals surface area contributed by atoms with Crippen molar-refractivity contribution < 1.29 is 9.47 Å². The van der Waals surface area contributed by atoms with Crippen LogP contribution >= 0.6 is 0 Å². The van der Waals surface area contributed by atoms with Gasteiger partial charge in [-0.25, -0.2) is 0 Å². The zero-order valence-corrected chi connectivity index (χ0v) is 8.25. The fourth-order valence-corrected chi connectivity index (χ4v) is 1.52.